The fourth-order valence-electron chi connectivity index (χ4n) is 2.15. The third-order valence-corrected chi connectivity index (χ3v) is 3.07. The molecule has 2 aromatic rings. The molecule has 0 fully saturated rings. The monoisotopic (exact) mass is 285 g/mol. The molecule has 0 saturated carbocycles. The lowest BCUT2D eigenvalue weighted by molar-refractivity contribution is -0.0887. The van der Waals surface area contributed by atoms with Gasteiger partial charge in [-0.05, 0) is 18.6 Å². The molecule has 0 saturated heterocycles. The molecule has 0 aliphatic heterocycles. The first-order valence-corrected chi connectivity index (χ1v) is 5.59. The van der Waals surface area contributed by atoms with Crippen LogP contribution in [0.3, 0.4) is 0 Å². The van der Waals surface area contributed by atoms with E-state index in [0.717, 1.165) is 4.57 Å². The van der Waals surface area contributed by atoms with E-state index in [0.29, 0.717) is 5.56 Å². The summed E-state index contributed by atoms with van der Waals surface area (Å²) in [6, 6.07) is 4.51. The number of hydrogen-bond acceptors (Lipinski definition) is 3. The molecule has 0 atom stereocenters. The van der Waals surface area contributed by atoms with Gasteiger partial charge in [0.25, 0.3) is 11.3 Å². The molecule has 0 unspecified atom stereocenters. The highest BCUT2D eigenvalue weighted by molar-refractivity contribution is 6.06. The standard InChI is InChI=1S/C13H10F3NO3/c1-6-4-3-5-7-9(6)17(2)12(20)8(10(7)18)11(19)13(14,15)16/h3-5,18H,1-2H3. The number of rotatable bonds is 1. The lowest BCUT2D eigenvalue weighted by Gasteiger charge is -2.13. The minimum absolute atomic E-state index is 0.0275. The number of para-hydroxylation sites is 1. The molecular formula is C13H10F3NO3. The Kier molecular flexibility index (Phi) is 3.08. The first-order valence-electron chi connectivity index (χ1n) is 5.59. The van der Waals surface area contributed by atoms with Gasteiger partial charge in [0.15, 0.2) is 0 Å². The van der Waals surface area contributed by atoms with E-state index in [-0.39, 0.29) is 10.9 Å². The second-order valence-electron chi connectivity index (χ2n) is 4.39. The van der Waals surface area contributed by atoms with Crippen LogP contribution in [-0.2, 0) is 7.05 Å². The fourth-order valence-corrected chi connectivity index (χ4v) is 2.15. The summed E-state index contributed by atoms with van der Waals surface area (Å²) in [5.41, 5.74) is -1.54. The van der Waals surface area contributed by atoms with Crippen LogP contribution in [0.25, 0.3) is 10.9 Å². The van der Waals surface area contributed by atoms with Crippen LogP contribution in [0.2, 0.25) is 0 Å². The Morgan fingerprint density at radius 2 is 1.90 bits per heavy atom. The molecule has 0 bridgehead atoms. The van der Waals surface area contributed by atoms with Gasteiger partial charge in [-0.15, -0.1) is 0 Å². The summed E-state index contributed by atoms with van der Waals surface area (Å²) in [7, 11) is 1.25. The summed E-state index contributed by atoms with van der Waals surface area (Å²) in [6.45, 7) is 1.65. The topological polar surface area (TPSA) is 59.3 Å². The first-order chi connectivity index (χ1) is 9.16. The Labute approximate surface area is 111 Å². The smallest absolute Gasteiger partial charge is 0.455 e. The number of alkyl halides is 3. The van der Waals surface area contributed by atoms with Crippen molar-refractivity contribution in [3.8, 4) is 5.75 Å². The average Bonchev–Trinajstić information content (AvgIpc) is 2.35. The van der Waals surface area contributed by atoms with Crippen LogP contribution in [-0.4, -0.2) is 21.6 Å². The molecular weight excluding hydrogens is 275 g/mol. The molecule has 1 aromatic carbocycles. The number of nitrogens with zero attached hydrogens (tertiary/aromatic N) is 1. The molecule has 0 amide bonds. The molecule has 0 aliphatic rings. The zero-order chi connectivity index (χ0) is 15.2. The largest absolute Gasteiger partial charge is 0.506 e. The maximum atomic E-state index is 12.5. The number of fused-ring (bicyclic) bond motifs is 1. The third kappa shape index (κ3) is 1.95. The summed E-state index contributed by atoms with van der Waals surface area (Å²) in [4.78, 5) is 23.2. The number of ketones is 1. The van der Waals surface area contributed by atoms with Gasteiger partial charge in [0.1, 0.15) is 11.3 Å². The van der Waals surface area contributed by atoms with Gasteiger partial charge in [-0.25, -0.2) is 0 Å². The Hall–Kier alpha value is -2.31. The number of halogens is 3. The van der Waals surface area contributed by atoms with Crippen LogP contribution in [0.4, 0.5) is 13.2 Å². The van der Waals surface area contributed by atoms with Crippen molar-refractivity contribution in [2.45, 2.75) is 13.1 Å². The van der Waals surface area contributed by atoms with Crippen LogP contribution in [0, 0.1) is 6.92 Å². The summed E-state index contributed by atoms with van der Waals surface area (Å²) >= 11 is 0. The Bertz CT molecular complexity index is 775. The summed E-state index contributed by atoms with van der Waals surface area (Å²) in [5, 5.41) is 9.91. The van der Waals surface area contributed by atoms with Crippen molar-refractivity contribution < 1.29 is 23.1 Å². The van der Waals surface area contributed by atoms with Crippen molar-refractivity contribution in [3.05, 3.63) is 39.7 Å². The molecule has 106 valence electrons. The lowest BCUT2D eigenvalue weighted by Crippen LogP contribution is -2.32. The van der Waals surface area contributed by atoms with Crippen molar-refractivity contribution >= 4 is 16.7 Å². The normalized spacial score (nSPS) is 11.8. The van der Waals surface area contributed by atoms with Crippen LogP contribution >= 0.6 is 0 Å². The van der Waals surface area contributed by atoms with E-state index in [1.807, 2.05) is 0 Å². The second-order valence-corrected chi connectivity index (χ2v) is 4.39. The highest BCUT2D eigenvalue weighted by Gasteiger charge is 2.43. The molecule has 4 nitrogen and oxygen atoms in total. The number of Topliss-reactive ketones (excluding diaryl/α,β-unsaturated/α-hetero) is 1. The van der Waals surface area contributed by atoms with Crippen LogP contribution < -0.4 is 5.56 Å². The molecule has 0 aliphatic carbocycles. The van der Waals surface area contributed by atoms with Crippen LogP contribution in [0.15, 0.2) is 23.0 Å². The predicted octanol–water partition coefficient (Wildman–Crippen LogP) is 2.30. The molecule has 0 spiro atoms. The highest BCUT2D eigenvalue weighted by Crippen LogP contribution is 2.31. The van der Waals surface area contributed by atoms with E-state index in [1.165, 1.54) is 19.2 Å². The first kappa shape index (κ1) is 14.1. The Morgan fingerprint density at radius 3 is 2.45 bits per heavy atom. The molecule has 0 radical (unpaired) electrons. The third-order valence-electron chi connectivity index (χ3n) is 3.07. The highest BCUT2D eigenvalue weighted by atomic mass is 19.4. The molecule has 2 rings (SSSR count). The number of carbonyl (C=O) groups excluding carboxylic acids is 1. The van der Waals surface area contributed by atoms with E-state index < -0.39 is 28.8 Å². The molecule has 1 N–H and O–H groups in total. The van der Waals surface area contributed by atoms with Gasteiger partial charge in [-0.1, -0.05) is 12.1 Å². The Balaban J connectivity index is 2.97. The number of aromatic hydroxyl groups is 1. The van der Waals surface area contributed by atoms with Crippen molar-refractivity contribution in [1.29, 1.82) is 0 Å². The maximum absolute atomic E-state index is 12.5. The lowest BCUT2D eigenvalue weighted by atomic mass is 10.0. The fraction of sp³-hybridized carbons (Fsp3) is 0.231. The Morgan fingerprint density at radius 1 is 1.30 bits per heavy atom. The van der Waals surface area contributed by atoms with Gasteiger partial charge < -0.3 is 9.67 Å². The van der Waals surface area contributed by atoms with Crippen LogP contribution in [0.1, 0.15) is 15.9 Å². The van der Waals surface area contributed by atoms with Crippen molar-refractivity contribution in [2.75, 3.05) is 0 Å². The van der Waals surface area contributed by atoms with Crippen LogP contribution in [0.5, 0.6) is 5.75 Å². The van der Waals surface area contributed by atoms with Gasteiger partial charge in [0.05, 0.1) is 5.52 Å². The van der Waals surface area contributed by atoms with Crippen molar-refractivity contribution in [3.63, 3.8) is 0 Å². The number of hydrogen-bond donors (Lipinski definition) is 1. The predicted molar refractivity (Wildman–Crippen MR) is 66.0 cm³/mol. The van der Waals surface area contributed by atoms with Gasteiger partial charge in [0.2, 0.25) is 0 Å². The minimum Gasteiger partial charge on any atom is -0.506 e. The molecule has 1 heterocycles. The number of aryl methyl sites for hydroxylation is 2. The zero-order valence-electron chi connectivity index (χ0n) is 10.6. The van der Waals surface area contributed by atoms with E-state index in [1.54, 1.807) is 13.0 Å². The van der Waals surface area contributed by atoms with E-state index in [4.69, 9.17) is 0 Å². The number of benzene rings is 1. The average molecular weight is 285 g/mol. The zero-order valence-corrected chi connectivity index (χ0v) is 10.6. The number of carbonyl (C=O) groups is 1. The summed E-state index contributed by atoms with van der Waals surface area (Å²) in [6.07, 6.45) is -5.22. The SMILES string of the molecule is Cc1cccc2c(O)c(C(=O)C(F)(F)F)c(=O)n(C)c12. The second kappa shape index (κ2) is 4.36. The van der Waals surface area contributed by atoms with Gasteiger partial charge in [0, 0.05) is 12.4 Å². The quantitative estimate of drug-likeness (QED) is 0.818. The number of pyridine rings is 1. The van der Waals surface area contributed by atoms with E-state index in [2.05, 4.69) is 0 Å². The van der Waals surface area contributed by atoms with Gasteiger partial charge in [-0.2, -0.15) is 13.2 Å². The van der Waals surface area contributed by atoms with Crippen molar-refractivity contribution in [2.24, 2.45) is 7.05 Å². The summed E-state index contributed by atoms with van der Waals surface area (Å²) < 4.78 is 38.4. The van der Waals surface area contributed by atoms with E-state index >= 15 is 0 Å². The van der Waals surface area contributed by atoms with E-state index in [9.17, 15) is 27.9 Å². The summed E-state index contributed by atoms with van der Waals surface area (Å²) in [5.74, 6) is -3.28. The van der Waals surface area contributed by atoms with Gasteiger partial charge >= 0.3 is 6.18 Å². The maximum Gasteiger partial charge on any atom is 0.455 e. The molecule has 20 heavy (non-hydrogen) atoms. The van der Waals surface area contributed by atoms with Crippen molar-refractivity contribution in [1.82, 2.24) is 4.57 Å². The minimum atomic E-state index is -5.22. The molecule has 7 heteroatoms. The number of aromatic nitrogens is 1. The van der Waals surface area contributed by atoms with Gasteiger partial charge in [-0.3, -0.25) is 9.59 Å². The molecule has 1 aromatic heterocycles.